The molecule has 68 valence electrons. The van der Waals surface area contributed by atoms with Crippen LogP contribution in [-0.4, -0.2) is 39.8 Å². The molecule has 2 fully saturated rings. The molecule has 1 heterocycles. The van der Waals surface area contributed by atoms with Crippen LogP contribution in [0.25, 0.3) is 0 Å². The van der Waals surface area contributed by atoms with Gasteiger partial charge in [0.25, 0.3) is 0 Å². The maximum atomic E-state index is 10.5. The summed E-state index contributed by atoms with van der Waals surface area (Å²) in [5, 5.41) is 17.9. The Bertz CT molecular complexity index is 232. The Morgan fingerprint density at radius 2 is 1.75 bits per heavy atom. The van der Waals surface area contributed by atoms with Crippen molar-refractivity contribution in [3.8, 4) is 0 Å². The van der Waals surface area contributed by atoms with E-state index in [0.717, 1.165) is 0 Å². The second kappa shape index (κ2) is 1.81. The fraction of sp³-hybridized carbons (Fsp3) is 0.857. The molecule has 1 saturated heterocycles. The molecule has 1 aliphatic heterocycles. The summed E-state index contributed by atoms with van der Waals surface area (Å²) in [6.07, 6.45) is -1.41. The van der Waals surface area contributed by atoms with Crippen LogP contribution in [0.2, 0.25) is 0 Å². The van der Waals surface area contributed by atoms with Gasteiger partial charge < -0.3 is 19.7 Å². The Morgan fingerprint density at radius 1 is 1.33 bits per heavy atom. The zero-order valence-electron chi connectivity index (χ0n) is 6.77. The summed E-state index contributed by atoms with van der Waals surface area (Å²) in [5.41, 5.74) is -1.81. The van der Waals surface area contributed by atoms with Crippen LogP contribution in [-0.2, 0) is 14.3 Å². The second-order valence-electron chi connectivity index (χ2n) is 3.61. The lowest BCUT2D eigenvalue weighted by Gasteiger charge is -2.22. The standard InChI is InChI=1S/C7H10O5/c1-6(2)11-3-4(12-6)7(3,10)5(8)9/h3-4,10H,1-2H3,(H,8,9)/t3-,4+,7?. The average molecular weight is 174 g/mol. The SMILES string of the molecule is CC1(C)O[C@@H]2[C@H](O1)C2(O)C(=O)O. The third-order valence-corrected chi connectivity index (χ3v) is 2.20. The Morgan fingerprint density at radius 3 is 2.08 bits per heavy atom. The van der Waals surface area contributed by atoms with Crippen molar-refractivity contribution in [3.63, 3.8) is 0 Å². The van der Waals surface area contributed by atoms with Gasteiger partial charge in [0.15, 0.2) is 5.79 Å². The topological polar surface area (TPSA) is 76.0 Å². The predicted octanol–water partition coefficient (Wildman–Crippen LogP) is -0.664. The summed E-state index contributed by atoms with van der Waals surface area (Å²) >= 11 is 0. The molecule has 12 heavy (non-hydrogen) atoms. The molecule has 0 amide bonds. The van der Waals surface area contributed by atoms with Gasteiger partial charge in [-0.1, -0.05) is 0 Å². The summed E-state index contributed by atoms with van der Waals surface area (Å²) in [7, 11) is 0. The van der Waals surface area contributed by atoms with Crippen LogP contribution in [0.15, 0.2) is 0 Å². The Kier molecular flexibility index (Phi) is 1.20. The number of hydrogen-bond donors (Lipinski definition) is 2. The first-order valence-electron chi connectivity index (χ1n) is 3.69. The van der Waals surface area contributed by atoms with Gasteiger partial charge in [-0.15, -0.1) is 0 Å². The number of fused-ring (bicyclic) bond motifs is 1. The molecule has 0 aromatic heterocycles. The van der Waals surface area contributed by atoms with Crippen LogP contribution in [0.1, 0.15) is 13.8 Å². The maximum absolute atomic E-state index is 10.5. The maximum Gasteiger partial charge on any atom is 0.341 e. The molecule has 2 N–H and O–H groups in total. The first-order valence-corrected chi connectivity index (χ1v) is 3.69. The lowest BCUT2D eigenvalue weighted by atomic mass is 10.3. The minimum absolute atomic E-state index is 0.704. The molecule has 0 aromatic rings. The fourth-order valence-corrected chi connectivity index (χ4v) is 1.50. The van der Waals surface area contributed by atoms with Gasteiger partial charge in [0.1, 0.15) is 12.2 Å². The highest BCUT2D eigenvalue weighted by Crippen LogP contribution is 2.51. The molecule has 2 rings (SSSR count). The minimum atomic E-state index is -1.81. The molecule has 0 spiro atoms. The van der Waals surface area contributed by atoms with Gasteiger partial charge in [0.05, 0.1) is 0 Å². The third kappa shape index (κ3) is 0.757. The molecule has 1 saturated carbocycles. The zero-order valence-corrected chi connectivity index (χ0v) is 6.77. The number of aliphatic hydroxyl groups is 1. The average Bonchev–Trinajstić information content (AvgIpc) is 2.38. The van der Waals surface area contributed by atoms with Crippen molar-refractivity contribution >= 4 is 5.97 Å². The van der Waals surface area contributed by atoms with E-state index in [1.54, 1.807) is 13.8 Å². The minimum Gasteiger partial charge on any atom is -0.479 e. The molecule has 1 aliphatic carbocycles. The summed E-state index contributed by atoms with van der Waals surface area (Å²) in [6.45, 7) is 3.36. The van der Waals surface area contributed by atoms with Crippen LogP contribution in [0.5, 0.6) is 0 Å². The Labute approximate surface area is 68.9 Å². The fourth-order valence-electron chi connectivity index (χ4n) is 1.50. The monoisotopic (exact) mass is 174 g/mol. The van der Waals surface area contributed by atoms with E-state index in [9.17, 15) is 9.90 Å². The smallest absolute Gasteiger partial charge is 0.341 e. The van der Waals surface area contributed by atoms with Gasteiger partial charge >= 0.3 is 5.97 Å². The summed E-state index contributed by atoms with van der Waals surface area (Å²) in [5.74, 6) is -2.05. The van der Waals surface area contributed by atoms with Crippen molar-refractivity contribution in [2.45, 2.75) is 37.4 Å². The second-order valence-corrected chi connectivity index (χ2v) is 3.61. The van der Waals surface area contributed by atoms with Crippen molar-refractivity contribution in [1.29, 1.82) is 0 Å². The van der Waals surface area contributed by atoms with Gasteiger partial charge in [-0.25, -0.2) is 4.79 Å². The van der Waals surface area contributed by atoms with Crippen LogP contribution in [0.3, 0.4) is 0 Å². The van der Waals surface area contributed by atoms with E-state index in [1.165, 1.54) is 0 Å². The van der Waals surface area contributed by atoms with Crippen LogP contribution in [0, 0.1) is 0 Å². The largest absolute Gasteiger partial charge is 0.479 e. The molecule has 3 atom stereocenters. The van der Waals surface area contributed by atoms with Crippen molar-refractivity contribution in [2.24, 2.45) is 0 Å². The molecule has 5 heteroatoms. The number of carbonyl (C=O) groups is 1. The molecule has 0 bridgehead atoms. The zero-order chi connectivity index (χ0) is 9.15. The van der Waals surface area contributed by atoms with Crippen molar-refractivity contribution in [2.75, 3.05) is 0 Å². The summed E-state index contributed by atoms with van der Waals surface area (Å²) in [4.78, 5) is 10.5. The predicted molar refractivity (Wildman–Crippen MR) is 36.4 cm³/mol. The quantitative estimate of drug-likeness (QED) is 0.551. The van der Waals surface area contributed by atoms with E-state index in [0.29, 0.717) is 0 Å². The number of rotatable bonds is 1. The molecule has 0 aromatic carbocycles. The summed E-state index contributed by atoms with van der Waals surface area (Å²) in [6, 6.07) is 0. The number of aliphatic carboxylic acids is 1. The van der Waals surface area contributed by atoms with Gasteiger partial charge in [-0.3, -0.25) is 0 Å². The van der Waals surface area contributed by atoms with Crippen molar-refractivity contribution in [3.05, 3.63) is 0 Å². The van der Waals surface area contributed by atoms with E-state index in [1.807, 2.05) is 0 Å². The van der Waals surface area contributed by atoms with Crippen LogP contribution >= 0.6 is 0 Å². The van der Waals surface area contributed by atoms with Crippen LogP contribution in [0.4, 0.5) is 0 Å². The molecular weight excluding hydrogens is 164 g/mol. The van der Waals surface area contributed by atoms with Crippen molar-refractivity contribution in [1.82, 2.24) is 0 Å². The highest BCUT2D eigenvalue weighted by atomic mass is 16.8. The van der Waals surface area contributed by atoms with Gasteiger partial charge in [-0.2, -0.15) is 0 Å². The third-order valence-electron chi connectivity index (χ3n) is 2.20. The number of carboxylic acid groups (broad SMARTS) is 1. The highest BCUT2D eigenvalue weighted by molar-refractivity contribution is 5.84. The highest BCUT2D eigenvalue weighted by Gasteiger charge is 2.78. The molecule has 0 radical (unpaired) electrons. The Balaban J connectivity index is 2.13. The number of ether oxygens (including phenoxy) is 2. The van der Waals surface area contributed by atoms with E-state index in [4.69, 9.17) is 14.6 Å². The van der Waals surface area contributed by atoms with E-state index in [2.05, 4.69) is 0 Å². The molecule has 1 unspecified atom stereocenters. The van der Waals surface area contributed by atoms with E-state index >= 15 is 0 Å². The van der Waals surface area contributed by atoms with Crippen molar-refractivity contribution < 1.29 is 24.5 Å². The normalized spacial score (nSPS) is 48.6. The van der Waals surface area contributed by atoms with Gasteiger partial charge in [0, 0.05) is 0 Å². The number of hydrogen-bond acceptors (Lipinski definition) is 4. The molecular formula is C7H10O5. The molecule has 2 aliphatic rings. The summed E-state index contributed by atoms with van der Waals surface area (Å²) < 4.78 is 10.3. The number of carboxylic acids is 1. The van der Waals surface area contributed by atoms with Crippen LogP contribution < -0.4 is 0 Å². The van der Waals surface area contributed by atoms with Gasteiger partial charge in [-0.05, 0) is 13.8 Å². The first-order chi connectivity index (χ1) is 5.38. The lowest BCUT2D eigenvalue weighted by Crippen LogP contribution is -2.38. The lowest BCUT2D eigenvalue weighted by molar-refractivity contribution is -0.210. The van der Waals surface area contributed by atoms with E-state index < -0.39 is 29.6 Å². The van der Waals surface area contributed by atoms with Gasteiger partial charge in [0.2, 0.25) is 5.60 Å². The van der Waals surface area contributed by atoms with E-state index in [-0.39, 0.29) is 0 Å². The Hall–Kier alpha value is -0.650. The first kappa shape index (κ1) is 7.97. The molecule has 5 nitrogen and oxygen atoms in total.